The Labute approximate surface area is 130 Å². The van der Waals surface area contributed by atoms with Crippen LogP contribution < -0.4 is 5.32 Å². The third kappa shape index (κ3) is 3.14. The average molecular weight is 301 g/mol. The highest BCUT2D eigenvalue weighted by atomic mass is 16.4. The summed E-state index contributed by atoms with van der Waals surface area (Å²) in [4.78, 5) is 11.1. The Morgan fingerprint density at radius 2 is 2.18 bits per heavy atom. The molecule has 118 valence electrons. The van der Waals surface area contributed by atoms with E-state index in [1.807, 2.05) is 17.7 Å². The van der Waals surface area contributed by atoms with Crippen LogP contribution >= 0.6 is 0 Å². The quantitative estimate of drug-likeness (QED) is 0.891. The van der Waals surface area contributed by atoms with Crippen LogP contribution in [-0.4, -0.2) is 33.9 Å². The van der Waals surface area contributed by atoms with Crippen LogP contribution in [0.1, 0.15) is 41.7 Å². The van der Waals surface area contributed by atoms with Gasteiger partial charge in [-0.25, -0.2) is 4.79 Å². The highest BCUT2D eigenvalue weighted by Gasteiger charge is 2.14. The molecule has 0 unspecified atom stereocenters. The Kier molecular flexibility index (Phi) is 4.43. The van der Waals surface area contributed by atoms with Crippen molar-refractivity contribution >= 4 is 16.9 Å². The zero-order valence-electron chi connectivity index (χ0n) is 13.0. The Balaban J connectivity index is 1.72. The third-order valence-corrected chi connectivity index (χ3v) is 4.62. The number of rotatable bonds is 5. The first-order valence-electron chi connectivity index (χ1n) is 8.06. The van der Waals surface area contributed by atoms with Gasteiger partial charge >= 0.3 is 5.97 Å². The molecule has 5 nitrogen and oxygen atoms in total. The number of nitrogens with one attached hydrogen (secondary N) is 1. The van der Waals surface area contributed by atoms with Gasteiger partial charge in [-0.3, -0.25) is 4.68 Å². The van der Waals surface area contributed by atoms with Crippen LogP contribution in [0.4, 0.5) is 0 Å². The zero-order chi connectivity index (χ0) is 15.5. The molecule has 22 heavy (non-hydrogen) atoms. The standard InChI is InChI=1S/C17H23N3O2/c1-12-15-5-4-14(17(21)22)11-16(15)20(19-12)10-2-3-13-6-8-18-9-7-13/h4-5,11,13,18H,2-3,6-10H2,1H3,(H,21,22). The van der Waals surface area contributed by atoms with E-state index in [0.29, 0.717) is 5.56 Å². The number of aromatic nitrogens is 2. The van der Waals surface area contributed by atoms with Crippen LogP contribution in [0.3, 0.4) is 0 Å². The van der Waals surface area contributed by atoms with Crippen molar-refractivity contribution in [3.05, 3.63) is 29.5 Å². The van der Waals surface area contributed by atoms with Gasteiger partial charge in [0, 0.05) is 11.9 Å². The van der Waals surface area contributed by atoms with Crippen molar-refractivity contribution in [2.45, 2.75) is 39.2 Å². The van der Waals surface area contributed by atoms with E-state index in [0.717, 1.165) is 48.6 Å². The van der Waals surface area contributed by atoms with Crippen LogP contribution in [0.2, 0.25) is 0 Å². The number of hydrogen-bond acceptors (Lipinski definition) is 3. The van der Waals surface area contributed by atoms with Crippen LogP contribution in [0, 0.1) is 12.8 Å². The van der Waals surface area contributed by atoms with E-state index >= 15 is 0 Å². The molecule has 0 amide bonds. The van der Waals surface area contributed by atoms with Crippen molar-refractivity contribution < 1.29 is 9.90 Å². The highest BCUT2D eigenvalue weighted by molar-refractivity contribution is 5.93. The normalized spacial score (nSPS) is 16.2. The lowest BCUT2D eigenvalue weighted by Crippen LogP contribution is -2.27. The summed E-state index contributed by atoms with van der Waals surface area (Å²) in [6.45, 7) is 5.11. The molecule has 1 fully saturated rings. The molecular weight excluding hydrogens is 278 g/mol. The molecule has 3 rings (SSSR count). The maximum Gasteiger partial charge on any atom is 0.335 e. The summed E-state index contributed by atoms with van der Waals surface area (Å²) in [6.07, 6.45) is 4.85. The van der Waals surface area contributed by atoms with Gasteiger partial charge in [-0.1, -0.05) is 6.07 Å². The summed E-state index contributed by atoms with van der Waals surface area (Å²) in [6, 6.07) is 5.26. The number of nitrogens with zero attached hydrogens (tertiary/aromatic N) is 2. The second kappa shape index (κ2) is 6.48. The second-order valence-corrected chi connectivity index (χ2v) is 6.18. The average Bonchev–Trinajstić information content (AvgIpc) is 2.84. The van der Waals surface area contributed by atoms with Crippen LogP contribution in [-0.2, 0) is 6.54 Å². The first kappa shape index (κ1) is 15.0. The molecule has 0 saturated carbocycles. The molecule has 2 N–H and O–H groups in total. The largest absolute Gasteiger partial charge is 0.478 e. The minimum Gasteiger partial charge on any atom is -0.478 e. The number of carbonyl (C=O) groups is 1. The first-order chi connectivity index (χ1) is 10.6. The number of benzene rings is 1. The molecule has 1 aromatic heterocycles. The van der Waals surface area contributed by atoms with Crippen LogP contribution in [0.15, 0.2) is 18.2 Å². The van der Waals surface area contributed by atoms with E-state index in [2.05, 4.69) is 10.4 Å². The van der Waals surface area contributed by atoms with Crippen molar-refractivity contribution in [3.8, 4) is 0 Å². The van der Waals surface area contributed by atoms with Crippen molar-refractivity contribution in [1.82, 2.24) is 15.1 Å². The van der Waals surface area contributed by atoms with Gasteiger partial charge in [0.05, 0.1) is 16.8 Å². The van der Waals surface area contributed by atoms with E-state index in [9.17, 15) is 4.79 Å². The predicted octanol–water partition coefficient (Wildman–Crippen LogP) is 2.82. The van der Waals surface area contributed by atoms with Gasteiger partial charge in [0.15, 0.2) is 0 Å². The monoisotopic (exact) mass is 301 g/mol. The SMILES string of the molecule is Cc1nn(CCCC2CCNCC2)c2cc(C(=O)O)ccc12. The fourth-order valence-corrected chi connectivity index (χ4v) is 3.34. The van der Waals surface area contributed by atoms with Gasteiger partial charge in [0.2, 0.25) is 0 Å². The number of fused-ring (bicyclic) bond motifs is 1. The Morgan fingerprint density at radius 1 is 1.41 bits per heavy atom. The fraction of sp³-hybridized carbons (Fsp3) is 0.529. The Bertz CT molecular complexity index is 672. The van der Waals surface area contributed by atoms with Gasteiger partial charge in [0.25, 0.3) is 0 Å². The molecule has 1 aliphatic rings. The van der Waals surface area contributed by atoms with Crippen molar-refractivity contribution in [2.24, 2.45) is 5.92 Å². The van der Waals surface area contributed by atoms with Gasteiger partial charge in [-0.15, -0.1) is 0 Å². The lowest BCUT2D eigenvalue weighted by molar-refractivity contribution is 0.0697. The maximum atomic E-state index is 11.1. The van der Waals surface area contributed by atoms with Crippen molar-refractivity contribution in [3.63, 3.8) is 0 Å². The molecule has 0 radical (unpaired) electrons. The molecule has 1 aromatic carbocycles. The van der Waals surface area contributed by atoms with E-state index < -0.39 is 5.97 Å². The number of piperidine rings is 1. The molecule has 2 aromatic rings. The van der Waals surface area contributed by atoms with E-state index in [1.54, 1.807) is 12.1 Å². The fourth-order valence-electron chi connectivity index (χ4n) is 3.34. The molecular formula is C17H23N3O2. The van der Waals surface area contributed by atoms with Gasteiger partial charge < -0.3 is 10.4 Å². The number of aryl methyl sites for hydroxylation is 2. The van der Waals surface area contributed by atoms with Gasteiger partial charge in [-0.2, -0.15) is 5.10 Å². The molecule has 0 atom stereocenters. The summed E-state index contributed by atoms with van der Waals surface area (Å²) in [5.41, 5.74) is 2.23. The highest BCUT2D eigenvalue weighted by Crippen LogP contribution is 2.22. The van der Waals surface area contributed by atoms with Crippen molar-refractivity contribution in [2.75, 3.05) is 13.1 Å². The predicted molar refractivity (Wildman–Crippen MR) is 86.3 cm³/mol. The Morgan fingerprint density at radius 3 is 2.91 bits per heavy atom. The number of aromatic carboxylic acids is 1. The van der Waals surface area contributed by atoms with E-state index in [1.165, 1.54) is 19.3 Å². The lowest BCUT2D eigenvalue weighted by atomic mass is 9.93. The minimum absolute atomic E-state index is 0.326. The number of hydrogen-bond donors (Lipinski definition) is 2. The summed E-state index contributed by atoms with van der Waals surface area (Å²) in [5, 5.41) is 18.2. The third-order valence-electron chi connectivity index (χ3n) is 4.62. The van der Waals surface area contributed by atoms with Crippen molar-refractivity contribution in [1.29, 1.82) is 0 Å². The molecule has 1 saturated heterocycles. The minimum atomic E-state index is -0.887. The maximum absolute atomic E-state index is 11.1. The molecule has 0 aliphatic carbocycles. The van der Waals surface area contributed by atoms with Crippen LogP contribution in [0.25, 0.3) is 10.9 Å². The Hall–Kier alpha value is -1.88. The van der Waals surface area contributed by atoms with Gasteiger partial charge in [0.1, 0.15) is 0 Å². The molecule has 0 bridgehead atoms. The zero-order valence-corrected chi connectivity index (χ0v) is 13.0. The smallest absolute Gasteiger partial charge is 0.335 e. The molecule has 0 spiro atoms. The molecule has 2 heterocycles. The topological polar surface area (TPSA) is 67.2 Å². The van der Waals surface area contributed by atoms with Gasteiger partial charge in [-0.05, 0) is 63.7 Å². The summed E-state index contributed by atoms with van der Waals surface area (Å²) in [5.74, 6) is -0.0687. The summed E-state index contributed by atoms with van der Waals surface area (Å²) in [7, 11) is 0. The van der Waals surface area contributed by atoms with E-state index in [4.69, 9.17) is 5.11 Å². The number of carboxylic acids is 1. The summed E-state index contributed by atoms with van der Waals surface area (Å²) < 4.78 is 1.97. The molecule has 5 heteroatoms. The first-order valence-corrected chi connectivity index (χ1v) is 8.06. The van der Waals surface area contributed by atoms with E-state index in [-0.39, 0.29) is 0 Å². The second-order valence-electron chi connectivity index (χ2n) is 6.18. The number of carboxylic acid groups (broad SMARTS) is 1. The summed E-state index contributed by atoms with van der Waals surface area (Å²) >= 11 is 0. The lowest BCUT2D eigenvalue weighted by Gasteiger charge is -2.22. The van der Waals surface area contributed by atoms with Crippen LogP contribution in [0.5, 0.6) is 0 Å². The molecule has 1 aliphatic heterocycles.